The molecule has 0 saturated heterocycles. The summed E-state index contributed by atoms with van der Waals surface area (Å²) in [5.74, 6) is -0.451. The molecule has 0 atom stereocenters. The lowest BCUT2D eigenvalue weighted by Crippen LogP contribution is -2.34. The van der Waals surface area contributed by atoms with Crippen molar-refractivity contribution in [2.75, 3.05) is 18.4 Å². The molecule has 5 heteroatoms. The lowest BCUT2D eigenvalue weighted by molar-refractivity contribution is -0.118. The molecule has 0 aliphatic carbocycles. The number of primary amides is 1. The second kappa shape index (κ2) is 7.83. The van der Waals surface area contributed by atoms with Gasteiger partial charge >= 0.3 is 0 Å². The van der Waals surface area contributed by atoms with Crippen LogP contribution in [0.4, 0.5) is 5.69 Å². The summed E-state index contributed by atoms with van der Waals surface area (Å²) in [6.45, 7) is 1.71. The second-order valence-electron chi connectivity index (χ2n) is 6.29. The van der Waals surface area contributed by atoms with Crippen molar-refractivity contribution < 1.29 is 9.59 Å². The highest BCUT2D eigenvalue weighted by Crippen LogP contribution is 2.26. The highest BCUT2D eigenvalue weighted by molar-refractivity contribution is 5.97. The van der Waals surface area contributed by atoms with Gasteiger partial charge in [-0.1, -0.05) is 36.4 Å². The third kappa shape index (κ3) is 4.18. The van der Waals surface area contributed by atoms with Gasteiger partial charge < -0.3 is 16.0 Å². The molecule has 130 valence electrons. The first-order valence-corrected chi connectivity index (χ1v) is 8.62. The van der Waals surface area contributed by atoms with E-state index in [4.69, 9.17) is 5.73 Å². The van der Waals surface area contributed by atoms with Crippen LogP contribution in [-0.2, 0) is 17.8 Å². The molecular formula is C20H23N3O2. The molecule has 0 radical (unpaired) electrons. The standard InChI is InChI=1S/C20H23N3O2/c21-19(24)11-13-23(14-15-6-2-1-3-7-15)20(25)17-8-4-10-18-16(17)9-5-12-22-18/h1-4,6-8,10,22H,5,9,11-14H2,(H2,21,24). The van der Waals surface area contributed by atoms with Crippen LogP contribution in [0.1, 0.15) is 34.3 Å². The maximum atomic E-state index is 13.2. The summed E-state index contributed by atoms with van der Waals surface area (Å²) in [6.07, 6.45) is 2.06. The molecule has 3 rings (SSSR count). The van der Waals surface area contributed by atoms with Crippen molar-refractivity contribution in [1.82, 2.24) is 4.90 Å². The molecule has 2 aromatic rings. The average molecular weight is 337 g/mol. The fourth-order valence-electron chi connectivity index (χ4n) is 3.18. The zero-order valence-electron chi connectivity index (χ0n) is 14.2. The van der Waals surface area contributed by atoms with E-state index in [2.05, 4.69) is 5.32 Å². The highest BCUT2D eigenvalue weighted by Gasteiger charge is 2.22. The number of amides is 2. The molecule has 0 fully saturated rings. The van der Waals surface area contributed by atoms with E-state index in [1.807, 2.05) is 48.5 Å². The molecule has 0 unspecified atom stereocenters. The average Bonchev–Trinajstić information content (AvgIpc) is 2.65. The van der Waals surface area contributed by atoms with Gasteiger partial charge in [-0.05, 0) is 36.1 Å². The van der Waals surface area contributed by atoms with Crippen molar-refractivity contribution in [3.63, 3.8) is 0 Å². The van der Waals surface area contributed by atoms with Gasteiger partial charge in [-0.25, -0.2) is 0 Å². The number of anilines is 1. The Labute approximate surface area is 147 Å². The Kier molecular flexibility index (Phi) is 5.33. The van der Waals surface area contributed by atoms with Crippen molar-refractivity contribution >= 4 is 17.5 Å². The van der Waals surface area contributed by atoms with Crippen LogP contribution in [0.5, 0.6) is 0 Å². The Morgan fingerprint density at radius 1 is 1.08 bits per heavy atom. The normalized spacial score (nSPS) is 12.8. The molecule has 1 aliphatic rings. The van der Waals surface area contributed by atoms with Gasteiger partial charge in [0, 0.05) is 37.3 Å². The maximum absolute atomic E-state index is 13.2. The number of benzene rings is 2. The molecule has 2 aromatic carbocycles. The van der Waals surface area contributed by atoms with Crippen LogP contribution in [-0.4, -0.2) is 29.8 Å². The smallest absolute Gasteiger partial charge is 0.254 e. The molecular weight excluding hydrogens is 314 g/mol. The first-order chi connectivity index (χ1) is 12.1. The molecule has 3 N–H and O–H groups in total. The van der Waals surface area contributed by atoms with Crippen molar-refractivity contribution in [2.45, 2.75) is 25.8 Å². The van der Waals surface area contributed by atoms with Crippen molar-refractivity contribution in [1.29, 1.82) is 0 Å². The molecule has 2 amide bonds. The van der Waals surface area contributed by atoms with Crippen LogP contribution in [0.25, 0.3) is 0 Å². The summed E-state index contributed by atoms with van der Waals surface area (Å²) in [7, 11) is 0. The number of carbonyl (C=O) groups is 2. The number of nitrogens with one attached hydrogen (secondary N) is 1. The van der Waals surface area contributed by atoms with Crippen molar-refractivity contribution in [2.24, 2.45) is 5.73 Å². The first-order valence-electron chi connectivity index (χ1n) is 8.62. The molecule has 0 saturated carbocycles. The largest absolute Gasteiger partial charge is 0.385 e. The van der Waals surface area contributed by atoms with E-state index in [-0.39, 0.29) is 12.3 Å². The Morgan fingerprint density at radius 3 is 2.64 bits per heavy atom. The number of fused-ring (bicyclic) bond motifs is 1. The maximum Gasteiger partial charge on any atom is 0.254 e. The predicted octanol–water partition coefficient (Wildman–Crippen LogP) is 2.56. The number of carbonyl (C=O) groups excluding carboxylic acids is 2. The third-order valence-electron chi connectivity index (χ3n) is 4.46. The predicted molar refractivity (Wildman–Crippen MR) is 98.2 cm³/mol. The molecule has 5 nitrogen and oxygen atoms in total. The number of hydrogen-bond donors (Lipinski definition) is 2. The minimum absolute atomic E-state index is 0.0503. The van der Waals surface area contributed by atoms with Crippen LogP contribution in [0.2, 0.25) is 0 Å². The van der Waals surface area contributed by atoms with Crippen LogP contribution in [0.15, 0.2) is 48.5 Å². The van der Waals surface area contributed by atoms with Gasteiger partial charge in [0.15, 0.2) is 0 Å². The summed E-state index contributed by atoms with van der Waals surface area (Å²) in [6, 6.07) is 15.6. The Hall–Kier alpha value is -2.82. The SMILES string of the molecule is NC(=O)CCN(Cc1ccccc1)C(=O)c1cccc2c1CCCN2. The minimum Gasteiger partial charge on any atom is -0.385 e. The van der Waals surface area contributed by atoms with Gasteiger partial charge in [-0.15, -0.1) is 0 Å². The molecule has 25 heavy (non-hydrogen) atoms. The van der Waals surface area contributed by atoms with Gasteiger partial charge in [-0.2, -0.15) is 0 Å². The Balaban J connectivity index is 1.87. The molecule has 1 heterocycles. The molecule has 0 bridgehead atoms. The first kappa shape index (κ1) is 17.0. The number of nitrogens with two attached hydrogens (primary N) is 1. The summed E-state index contributed by atoms with van der Waals surface area (Å²) in [4.78, 5) is 26.1. The van der Waals surface area contributed by atoms with Gasteiger partial charge in [0.05, 0.1) is 0 Å². The van der Waals surface area contributed by atoms with Crippen LogP contribution in [0, 0.1) is 0 Å². The third-order valence-corrected chi connectivity index (χ3v) is 4.46. The highest BCUT2D eigenvalue weighted by atomic mass is 16.2. The quantitative estimate of drug-likeness (QED) is 0.850. The van der Waals surface area contributed by atoms with E-state index in [0.717, 1.165) is 36.2 Å². The minimum atomic E-state index is -0.400. The van der Waals surface area contributed by atoms with Crippen molar-refractivity contribution in [3.8, 4) is 0 Å². The van der Waals surface area contributed by atoms with E-state index < -0.39 is 5.91 Å². The molecule has 0 spiro atoms. The summed E-state index contributed by atoms with van der Waals surface area (Å²) in [5.41, 5.74) is 9.14. The van der Waals surface area contributed by atoms with Crippen LogP contribution >= 0.6 is 0 Å². The number of nitrogens with zero attached hydrogens (tertiary/aromatic N) is 1. The summed E-state index contributed by atoms with van der Waals surface area (Å²) < 4.78 is 0. The van der Waals surface area contributed by atoms with E-state index in [0.29, 0.717) is 18.7 Å². The van der Waals surface area contributed by atoms with Gasteiger partial charge in [-0.3, -0.25) is 9.59 Å². The van der Waals surface area contributed by atoms with Gasteiger partial charge in [0.25, 0.3) is 5.91 Å². The van der Waals surface area contributed by atoms with Crippen LogP contribution in [0.3, 0.4) is 0 Å². The van der Waals surface area contributed by atoms with E-state index in [1.165, 1.54) is 0 Å². The Morgan fingerprint density at radius 2 is 1.88 bits per heavy atom. The van der Waals surface area contributed by atoms with E-state index in [9.17, 15) is 9.59 Å². The molecule has 0 aromatic heterocycles. The fraction of sp³-hybridized carbons (Fsp3) is 0.300. The second-order valence-corrected chi connectivity index (χ2v) is 6.29. The fourth-order valence-corrected chi connectivity index (χ4v) is 3.18. The monoisotopic (exact) mass is 337 g/mol. The zero-order valence-corrected chi connectivity index (χ0v) is 14.2. The van der Waals surface area contributed by atoms with E-state index in [1.54, 1.807) is 4.90 Å². The van der Waals surface area contributed by atoms with Gasteiger partial charge in [0.1, 0.15) is 0 Å². The number of rotatable bonds is 6. The lowest BCUT2D eigenvalue weighted by Gasteiger charge is -2.26. The lowest BCUT2D eigenvalue weighted by atomic mass is 9.96. The zero-order chi connectivity index (χ0) is 17.6. The Bertz CT molecular complexity index is 759. The number of hydrogen-bond acceptors (Lipinski definition) is 3. The van der Waals surface area contributed by atoms with E-state index >= 15 is 0 Å². The topological polar surface area (TPSA) is 75.4 Å². The summed E-state index contributed by atoms with van der Waals surface area (Å²) in [5, 5.41) is 3.35. The molecule has 1 aliphatic heterocycles. The summed E-state index contributed by atoms with van der Waals surface area (Å²) >= 11 is 0. The van der Waals surface area contributed by atoms with Crippen LogP contribution < -0.4 is 11.1 Å². The van der Waals surface area contributed by atoms with Crippen molar-refractivity contribution in [3.05, 3.63) is 65.2 Å². The van der Waals surface area contributed by atoms with Gasteiger partial charge in [0.2, 0.25) is 5.91 Å².